The molecule has 3 nitrogen and oxygen atoms in total. The molecule has 118 valence electrons. The summed E-state index contributed by atoms with van der Waals surface area (Å²) in [4.78, 5) is 9.26. The van der Waals surface area contributed by atoms with Crippen molar-refractivity contribution in [2.45, 2.75) is 0 Å². The number of para-hydroxylation sites is 1. The number of aromatic nitrogens is 1. The van der Waals surface area contributed by atoms with Crippen LogP contribution in [0.5, 0.6) is 0 Å². The van der Waals surface area contributed by atoms with Crippen molar-refractivity contribution in [3.05, 3.63) is 60.7 Å². The standard InChI is InChI=1S/C20H23N3/c1-22(2)13-14-23(3)20-15-18(16-9-5-4-6-10-16)17-11-7-8-12-19(17)21-20/h4-12,15H,13-14H2,1-3H3. The zero-order valence-electron chi connectivity index (χ0n) is 14.0. The predicted molar refractivity (Wildman–Crippen MR) is 99.0 cm³/mol. The van der Waals surface area contributed by atoms with Crippen LogP contribution >= 0.6 is 0 Å². The molecule has 1 aromatic heterocycles. The van der Waals surface area contributed by atoms with Crippen LogP contribution in [0.1, 0.15) is 0 Å². The molecule has 2 aromatic carbocycles. The summed E-state index contributed by atoms with van der Waals surface area (Å²) in [5.74, 6) is 1.02. The first-order chi connectivity index (χ1) is 11.1. The SMILES string of the molecule is CN(C)CCN(C)c1cc(-c2ccccc2)c2ccccc2n1. The first-order valence-corrected chi connectivity index (χ1v) is 7.96. The highest BCUT2D eigenvalue weighted by Gasteiger charge is 2.10. The van der Waals surface area contributed by atoms with Crippen molar-refractivity contribution in [3.8, 4) is 11.1 Å². The molecule has 0 atom stereocenters. The van der Waals surface area contributed by atoms with Gasteiger partial charge in [-0.25, -0.2) is 4.98 Å². The zero-order chi connectivity index (χ0) is 16.2. The Morgan fingerprint density at radius 3 is 2.26 bits per heavy atom. The molecule has 0 N–H and O–H groups in total. The second kappa shape index (κ2) is 6.80. The molecule has 23 heavy (non-hydrogen) atoms. The number of hydrogen-bond acceptors (Lipinski definition) is 3. The van der Waals surface area contributed by atoms with Crippen LogP contribution in [0.2, 0.25) is 0 Å². The zero-order valence-corrected chi connectivity index (χ0v) is 14.0. The largest absolute Gasteiger partial charge is 0.358 e. The van der Waals surface area contributed by atoms with Gasteiger partial charge in [-0.15, -0.1) is 0 Å². The van der Waals surface area contributed by atoms with Crippen LogP contribution < -0.4 is 4.90 Å². The summed E-state index contributed by atoms with van der Waals surface area (Å²) in [5.41, 5.74) is 3.51. The van der Waals surface area contributed by atoms with E-state index in [0.29, 0.717) is 0 Å². The Balaban J connectivity index is 2.07. The normalized spacial score (nSPS) is 11.1. The Bertz CT molecular complexity index is 781. The van der Waals surface area contributed by atoms with E-state index in [1.807, 2.05) is 6.07 Å². The van der Waals surface area contributed by atoms with Crippen LogP contribution in [-0.4, -0.2) is 44.1 Å². The van der Waals surface area contributed by atoms with Crippen molar-refractivity contribution in [1.29, 1.82) is 0 Å². The summed E-state index contributed by atoms with van der Waals surface area (Å²) < 4.78 is 0. The minimum Gasteiger partial charge on any atom is -0.358 e. The third-order valence-electron chi connectivity index (χ3n) is 4.06. The Morgan fingerprint density at radius 2 is 1.52 bits per heavy atom. The summed E-state index contributed by atoms with van der Waals surface area (Å²) in [5, 5.41) is 1.20. The van der Waals surface area contributed by atoms with Gasteiger partial charge >= 0.3 is 0 Å². The van der Waals surface area contributed by atoms with Gasteiger partial charge in [-0.05, 0) is 37.4 Å². The number of rotatable bonds is 5. The lowest BCUT2D eigenvalue weighted by atomic mass is 10.0. The molecule has 0 radical (unpaired) electrons. The minimum atomic E-state index is 0.951. The van der Waals surface area contributed by atoms with E-state index >= 15 is 0 Å². The molecule has 3 rings (SSSR count). The van der Waals surface area contributed by atoms with Crippen molar-refractivity contribution < 1.29 is 0 Å². The van der Waals surface area contributed by atoms with E-state index in [9.17, 15) is 0 Å². The van der Waals surface area contributed by atoms with Crippen LogP contribution in [-0.2, 0) is 0 Å². The monoisotopic (exact) mass is 305 g/mol. The third-order valence-corrected chi connectivity index (χ3v) is 4.06. The number of hydrogen-bond donors (Lipinski definition) is 0. The average Bonchev–Trinajstić information content (AvgIpc) is 2.59. The van der Waals surface area contributed by atoms with Gasteiger partial charge in [-0.1, -0.05) is 48.5 Å². The van der Waals surface area contributed by atoms with E-state index in [4.69, 9.17) is 4.98 Å². The molecule has 0 aliphatic rings. The second-order valence-electron chi connectivity index (χ2n) is 6.14. The summed E-state index contributed by atoms with van der Waals surface area (Å²) in [7, 11) is 6.30. The Kier molecular flexibility index (Phi) is 4.58. The fraction of sp³-hybridized carbons (Fsp3) is 0.250. The smallest absolute Gasteiger partial charge is 0.129 e. The molecule has 0 aliphatic heterocycles. The van der Waals surface area contributed by atoms with E-state index in [1.165, 1.54) is 16.5 Å². The van der Waals surface area contributed by atoms with Crippen LogP contribution in [0.25, 0.3) is 22.0 Å². The fourth-order valence-electron chi connectivity index (χ4n) is 2.68. The molecule has 0 aliphatic carbocycles. The van der Waals surface area contributed by atoms with E-state index in [2.05, 4.69) is 85.5 Å². The molecule has 0 saturated carbocycles. The fourth-order valence-corrected chi connectivity index (χ4v) is 2.68. The summed E-state index contributed by atoms with van der Waals surface area (Å²) in [6, 6.07) is 21.1. The number of anilines is 1. The molecular weight excluding hydrogens is 282 g/mol. The number of likely N-dealkylation sites (N-methyl/N-ethyl adjacent to an activating group) is 2. The van der Waals surface area contributed by atoms with Gasteiger partial charge in [0.15, 0.2) is 0 Å². The molecule has 0 bridgehead atoms. The van der Waals surface area contributed by atoms with Gasteiger partial charge < -0.3 is 9.80 Å². The summed E-state index contributed by atoms with van der Waals surface area (Å²) >= 11 is 0. The lowest BCUT2D eigenvalue weighted by Gasteiger charge is -2.22. The number of benzene rings is 2. The van der Waals surface area contributed by atoms with E-state index < -0.39 is 0 Å². The summed E-state index contributed by atoms with van der Waals surface area (Å²) in [6.07, 6.45) is 0. The molecule has 1 heterocycles. The average molecular weight is 305 g/mol. The first kappa shape index (κ1) is 15.5. The molecular formula is C20H23N3. The van der Waals surface area contributed by atoms with Crippen molar-refractivity contribution in [3.63, 3.8) is 0 Å². The van der Waals surface area contributed by atoms with Crippen molar-refractivity contribution in [2.75, 3.05) is 39.1 Å². The highest BCUT2D eigenvalue weighted by molar-refractivity contribution is 5.96. The maximum atomic E-state index is 4.85. The highest BCUT2D eigenvalue weighted by Crippen LogP contribution is 2.30. The Labute approximate surface area is 138 Å². The van der Waals surface area contributed by atoms with Gasteiger partial charge in [0.25, 0.3) is 0 Å². The summed E-state index contributed by atoms with van der Waals surface area (Å²) in [6.45, 7) is 1.96. The predicted octanol–water partition coefficient (Wildman–Crippen LogP) is 3.90. The van der Waals surface area contributed by atoms with E-state index in [0.717, 1.165) is 24.4 Å². The molecule has 0 spiro atoms. The maximum absolute atomic E-state index is 4.85. The lowest BCUT2D eigenvalue weighted by molar-refractivity contribution is 0.416. The van der Waals surface area contributed by atoms with Gasteiger partial charge in [-0.3, -0.25) is 0 Å². The molecule has 3 heteroatoms. The van der Waals surface area contributed by atoms with Crippen molar-refractivity contribution in [1.82, 2.24) is 9.88 Å². The van der Waals surface area contributed by atoms with Gasteiger partial charge in [0.05, 0.1) is 5.52 Å². The Morgan fingerprint density at radius 1 is 0.826 bits per heavy atom. The van der Waals surface area contributed by atoms with Crippen molar-refractivity contribution >= 4 is 16.7 Å². The second-order valence-corrected chi connectivity index (χ2v) is 6.14. The van der Waals surface area contributed by atoms with Crippen LogP contribution in [0.4, 0.5) is 5.82 Å². The lowest BCUT2D eigenvalue weighted by Crippen LogP contribution is -2.29. The van der Waals surface area contributed by atoms with Gasteiger partial charge in [0.2, 0.25) is 0 Å². The van der Waals surface area contributed by atoms with Crippen LogP contribution in [0.15, 0.2) is 60.7 Å². The maximum Gasteiger partial charge on any atom is 0.129 e. The first-order valence-electron chi connectivity index (χ1n) is 7.96. The molecule has 0 amide bonds. The number of pyridine rings is 1. The topological polar surface area (TPSA) is 19.4 Å². The molecule has 0 fully saturated rings. The van der Waals surface area contributed by atoms with Gasteiger partial charge in [0.1, 0.15) is 5.82 Å². The third kappa shape index (κ3) is 3.51. The molecule has 3 aromatic rings. The number of fused-ring (bicyclic) bond motifs is 1. The Hall–Kier alpha value is -2.39. The van der Waals surface area contributed by atoms with Gasteiger partial charge in [-0.2, -0.15) is 0 Å². The van der Waals surface area contributed by atoms with Crippen LogP contribution in [0.3, 0.4) is 0 Å². The van der Waals surface area contributed by atoms with Gasteiger partial charge in [0, 0.05) is 25.5 Å². The van der Waals surface area contributed by atoms with E-state index in [-0.39, 0.29) is 0 Å². The highest BCUT2D eigenvalue weighted by atomic mass is 15.2. The molecule has 0 saturated heterocycles. The molecule has 0 unspecified atom stereocenters. The van der Waals surface area contributed by atoms with Crippen molar-refractivity contribution in [2.24, 2.45) is 0 Å². The van der Waals surface area contributed by atoms with Crippen LogP contribution in [0, 0.1) is 0 Å². The van der Waals surface area contributed by atoms with E-state index in [1.54, 1.807) is 0 Å². The minimum absolute atomic E-state index is 0.951. The number of nitrogens with zero attached hydrogens (tertiary/aromatic N) is 3. The quantitative estimate of drug-likeness (QED) is 0.712.